The summed E-state index contributed by atoms with van der Waals surface area (Å²) in [5.74, 6) is 0.0583. The molecule has 1 fully saturated rings. The van der Waals surface area contributed by atoms with Crippen molar-refractivity contribution in [3.8, 4) is 5.75 Å². The molecule has 2 N–H and O–H groups in total. The average Bonchev–Trinajstić information content (AvgIpc) is 2.72. The molecule has 2 aromatic rings. The van der Waals surface area contributed by atoms with Gasteiger partial charge in [0.25, 0.3) is 0 Å². The Hall–Kier alpha value is -2.84. The lowest BCUT2D eigenvalue weighted by atomic mass is 10.1. The van der Waals surface area contributed by atoms with Gasteiger partial charge in [-0.1, -0.05) is 41.6 Å². The lowest BCUT2D eigenvalue weighted by Gasteiger charge is -2.21. The number of anilines is 1. The first kappa shape index (κ1) is 20.9. The van der Waals surface area contributed by atoms with E-state index in [1.807, 2.05) is 12.1 Å². The Morgan fingerprint density at radius 2 is 2.03 bits per heavy atom. The second-order valence-electron chi connectivity index (χ2n) is 6.18. The third kappa shape index (κ3) is 5.82. The Kier molecular flexibility index (Phi) is 6.90. The van der Waals surface area contributed by atoms with E-state index in [9.17, 15) is 9.59 Å². The monoisotopic (exact) mass is 430 g/mol. The van der Waals surface area contributed by atoms with Crippen molar-refractivity contribution in [2.24, 2.45) is 10.2 Å². The molecule has 3 rings (SSSR count). The number of nitrogens with zero attached hydrogens (tertiary/aromatic N) is 2. The summed E-state index contributed by atoms with van der Waals surface area (Å²) in [4.78, 5) is 24.6. The minimum Gasteiger partial charge on any atom is -0.497 e. The van der Waals surface area contributed by atoms with Crippen molar-refractivity contribution in [2.75, 3.05) is 12.4 Å². The minimum absolute atomic E-state index is 0.0549. The molecule has 150 valence electrons. The summed E-state index contributed by atoms with van der Waals surface area (Å²) in [5.41, 5.74) is 2.11. The fraction of sp³-hybridized carbons (Fsp3) is 0.200. The second-order valence-corrected chi connectivity index (χ2v) is 7.81. The van der Waals surface area contributed by atoms with E-state index in [2.05, 4.69) is 20.8 Å². The molecule has 9 heteroatoms. The number of carbonyl (C=O) groups is 2. The Morgan fingerprint density at radius 3 is 2.76 bits per heavy atom. The highest BCUT2D eigenvalue weighted by Crippen LogP contribution is 2.24. The summed E-state index contributed by atoms with van der Waals surface area (Å²) in [5, 5.41) is 14.0. The van der Waals surface area contributed by atoms with Gasteiger partial charge in [0.15, 0.2) is 5.17 Å². The van der Waals surface area contributed by atoms with Crippen LogP contribution < -0.4 is 15.4 Å². The van der Waals surface area contributed by atoms with Crippen LogP contribution >= 0.6 is 23.4 Å². The predicted octanol–water partition coefficient (Wildman–Crippen LogP) is 3.69. The SMILES string of the molecule is COc1cccc(NC(=O)[C@@H]2CC(=O)N/C(=N/N=C(/C)c3ccc(Cl)cc3)S2)c1. The van der Waals surface area contributed by atoms with Crippen LogP contribution in [0.25, 0.3) is 0 Å². The number of benzene rings is 2. The highest BCUT2D eigenvalue weighted by molar-refractivity contribution is 8.15. The van der Waals surface area contributed by atoms with Gasteiger partial charge in [0.2, 0.25) is 11.8 Å². The quantitative estimate of drug-likeness (QED) is 0.559. The number of ether oxygens (including phenoxy) is 1. The van der Waals surface area contributed by atoms with Gasteiger partial charge in [-0.2, -0.15) is 5.10 Å². The van der Waals surface area contributed by atoms with Gasteiger partial charge in [-0.25, -0.2) is 0 Å². The van der Waals surface area contributed by atoms with Gasteiger partial charge in [-0.05, 0) is 36.8 Å². The fourth-order valence-electron chi connectivity index (χ4n) is 2.53. The highest BCUT2D eigenvalue weighted by atomic mass is 35.5. The maximum atomic E-state index is 12.6. The molecule has 0 radical (unpaired) electrons. The zero-order valence-electron chi connectivity index (χ0n) is 15.8. The van der Waals surface area contributed by atoms with Crippen LogP contribution in [0.4, 0.5) is 5.69 Å². The molecule has 2 aromatic carbocycles. The molecule has 1 aliphatic rings. The predicted molar refractivity (Wildman–Crippen MR) is 117 cm³/mol. The average molecular weight is 431 g/mol. The molecule has 0 saturated carbocycles. The van der Waals surface area contributed by atoms with Crippen molar-refractivity contribution in [1.29, 1.82) is 0 Å². The van der Waals surface area contributed by atoms with Crippen molar-refractivity contribution in [3.05, 3.63) is 59.1 Å². The molecular weight excluding hydrogens is 412 g/mol. The van der Waals surface area contributed by atoms with E-state index >= 15 is 0 Å². The van der Waals surface area contributed by atoms with Gasteiger partial charge in [-0.15, -0.1) is 5.10 Å². The first-order valence-electron chi connectivity index (χ1n) is 8.74. The lowest BCUT2D eigenvalue weighted by Crippen LogP contribution is -2.41. The molecular formula is C20H19ClN4O3S. The van der Waals surface area contributed by atoms with Crippen LogP contribution in [0.3, 0.4) is 0 Å². The molecule has 0 unspecified atom stereocenters. The standard InChI is InChI=1S/C20H19ClN4O3S/c1-12(13-6-8-14(21)9-7-13)24-25-20-23-18(26)11-17(29-20)19(27)22-15-4-3-5-16(10-15)28-2/h3-10,17H,11H2,1-2H3,(H,22,27)(H,23,25,26)/b24-12-/t17-/m0/s1. The van der Waals surface area contributed by atoms with Crippen molar-refractivity contribution >= 4 is 51.7 Å². The molecule has 0 aromatic heterocycles. The molecule has 7 nitrogen and oxygen atoms in total. The molecule has 1 saturated heterocycles. The third-order valence-electron chi connectivity index (χ3n) is 4.05. The molecule has 0 aliphatic carbocycles. The Morgan fingerprint density at radius 1 is 1.28 bits per heavy atom. The maximum Gasteiger partial charge on any atom is 0.238 e. The second kappa shape index (κ2) is 9.58. The summed E-state index contributed by atoms with van der Waals surface area (Å²) in [6.07, 6.45) is 0.0549. The topological polar surface area (TPSA) is 92.1 Å². The van der Waals surface area contributed by atoms with E-state index in [1.54, 1.807) is 50.4 Å². The Bertz CT molecular complexity index is 976. The third-order valence-corrected chi connectivity index (χ3v) is 5.38. The summed E-state index contributed by atoms with van der Waals surface area (Å²) >= 11 is 7.05. The van der Waals surface area contributed by atoms with Gasteiger partial charge < -0.3 is 15.4 Å². The summed E-state index contributed by atoms with van der Waals surface area (Å²) in [6, 6.07) is 14.2. The number of amidine groups is 1. The summed E-state index contributed by atoms with van der Waals surface area (Å²) in [6.45, 7) is 1.80. The van der Waals surface area contributed by atoms with Crippen LogP contribution in [0.5, 0.6) is 5.75 Å². The lowest BCUT2D eigenvalue weighted by molar-refractivity contribution is -0.123. The number of amides is 2. The molecule has 0 bridgehead atoms. The number of hydrogen-bond donors (Lipinski definition) is 2. The zero-order chi connectivity index (χ0) is 20.8. The van der Waals surface area contributed by atoms with E-state index in [0.29, 0.717) is 22.2 Å². The molecule has 29 heavy (non-hydrogen) atoms. The first-order chi connectivity index (χ1) is 13.9. The van der Waals surface area contributed by atoms with Crippen LogP contribution in [0.1, 0.15) is 18.9 Å². The van der Waals surface area contributed by atoms with Gasteiger partial charge in [-0.3, -0.25) is 9.59 Å². The zero-order valence-corrected chi connectivity index (χ0v) is 17.4. The minimum atomic E-state index is -0.611. The van der Waals surface area contributed by atoms with E-state index in [4.69, 9.17) is 16.3 Å². The number of halogens is 1. The van der Waals surface area contributed by atoms with Crippen LogP contribution in [-0.2, 0) is 9.59 Å². The van der Waals surface area contributed by atoms with Crippen LogP contribution in [0.2, 0.25) is 5.02 Å². The van der Waals surface area contributed by atoms with Gasteiger partial charge in [0, 0.05) is 23.2 Å². The summed E-state index contributed by atoms with van der Waals surface area (Å²) < 4.78 is 5.15. The van der Waals surface area contributed by atoms with E-state index in [0.717, 1.165) is 17.3 Å². The summed E-state index contributed by atoms with van der Waals surface area (Å²) in [7, 11) is 1.55. The maximum absolute atomic E-state index is 12.6. The number of rotatable bonds is 5. The van der Waals surface area contributed by atoms with Crippen molar-refractivity contribution in [3.63, 3.8) is 0 Å². The number of carbonyl (C=O) groups excluding carboxylic acids is 2. The van der Waals surface area contributed by atoms with Crippen LogP contribution in [-0.4, -0.2) is 35.1 Å². The largest absolute Gasteiger partial charge is 0.497 e. The van der Waals surface area contributed by atoms with Crippen molar-refractivity contribution in [2.45, 2.75) is 18.6 Å². The fourth-order valence-corrected chi connectivity index (χ4v) is 3.59. The molecule has 1 heterocycles. The highest BCUT2D eigenvalue weighted by Gasteiger charge is 2.30. The molecule has 0 spiro atoms. The number of nitrogens with one attached hydrogen (secondary N) is 2. The normalized spacial score (nSPS) is 18.3. The number of thioether (sulfide) groups is 1. The number of methoxy groups -OCH3 is 1. The van der Waals surface area contributed by atoms with Crippen molar-refractivity contribution < 1.29 is 14.3 Å². The Labute approximate surface area is 177 Å². The van der Waals surface area contributed by atoms with Crippen molar-refractivity contribution in [1.82, 2.24) is 5.32 Å². The van der Waals surface area contributed by atoms with Crippen LogP contribution in [0, 0.1) is 0 Å². The van der Waals surface area contributed by atoms with Gasteiger partial charge in [0.1, 0.15) is 11.0 Å². The van der Waals surface area contributed by atoms with Crippen LogP contribution in [0.15, 0.2) is 58.7 Å². The van der Waals surface area contributed by atoms with E-state index < -0.39 is 5.25 Å². The van der Waals surface area contributed by atoms with Gasteiger partial charge in [0.05, 0.1) is 12.8 Å². The molecule has 1 atom stereocenters. The first-order valence-corrected chi connectivity index (χ1v) is 10.00. The smallest absolute Gasteiger partial charge is 0.238 e. The van der Waals surface area contributed by atoms with E-state index in [1.165, 1.54) is 0 Å². The Balaban J connectivity index is 1.69. The molecule has 2 amide bonds. The number of hydrogen-bond acceptors (Lipinski definition) is 6. The molecule has 1 aliphatic heterocycles. The van der Waals surface area contributed by atoms with E-state index in [-0.39, 0.29) is 23.4 Å². The van der Waals surface area contributed by atoms with Gasteiger partial charge >= 0.3 is 0 Å².